The Morgan fingerprint density at radius 1 is 0.840 bits per heavy atom. The number of fused-ring (bicyclic) bond motifs is 5. The summed E-state index contributed by atoms with van der Waals surface area (Å²) in [5, 5.41) is 26.5. The van der Waals surface area contributed by atoms with Gasteiger partial charge in [-0.25, -0.2) is 14.2 Å². The third-order valence-electron chi connectivity index (χ3n) is 13.0. The molecule has 0 saturated heterocycles. The summed E-state index contributed by atoms with van der Waals surface area (Å²) in [5.41, 5.74) is 3.86. The van der Waals surface area contributed by atoms with E-state index in [4.69, 9.17) is 14.5 Å². The van der Waals surface area contributed by atoms with Gasteiger partial charge in [0.2, 0.25) is 35.4 Å². The molecular formula is C52H58FN9O13. The van der Waals surface area contributed by atoms with Gasteiger partial charge >= 0.3 is 5.97 Å². The van der Waals surface area contributed by atoms with E-state index in [1.54, 1.807) is 37.3 Å². The first-order valence-electron chi connectivity index (χ1n) is 24.7. The van der Waals surface area contributed by atoms with Crippen molar-refractivity contribution < 1.29 is 62.1 Å². The minimum Gasteiger partial charge on any atom is -0.458 e. The summed E-state index contributed by atoms with van der Waals surface area (Å²) >= 11 is 0. The number of cyclic esters (lactones) is 1. The van der Waals surface area contributed by atoms with E-state index in [1.165, 1.54) is 28.9 Å². The largest absolute Gasteiger partial charge is 0.458 e. The molecule has 4 aliphatic rings. The molecule has 5 heterocycles. The molecule has 396 valence electrons. The lowest BCUT2D eigenvalue weighted by atomic mass is 9.81. The maximum Gasteiger partial charge on any atom is 0.340 e. The number of unbranched alkanes of at least 4 members (excludes halogenated alkanes) is 2. The van der Waals surface area contributed by atoms with Gasteiger partial charge in [0.05, 0.1) is 54.7 Å². The second-order valence-electron chi connectivity index (χ2n) is 17.9. The summed E-state index contributed by atoms with van der Waals surface area (Å²) in [6.45, 7) is 3.30. The van der Waals surface area contributed by atoms with Crippen LogP contribution in [-0.2, 0) is 78.6 Å². The van der Waals surface area contributed by atoms with Crippen molar-refractivity contribution in [3.63, 3.8) is 0 Å². The standard InChI is InChI=1S/C50H52FN9O13.C2H6/c1-26-28-11-12-33(45-30-22-60-36(46(30)58-34(44(28)45)18-32(26)51)17-29-31(49(60)70)23-73-50(71)47(29)68)56-41(65)24-72-25-55-39(63)20-54-48(69)35(16-27-8-4-2-5-9-27)57-40(64)21-53-38(62)19-52-37(61)10-6-3-7-15-59-42(66)13-14-43(59)67;1-2/h2,4-5,8-9,13-14,17-18,33,35,47,68H,3,6-7,10-12,15-16,19-25H2,1H3,(H,52,61)(H,53,62)(H,54,69)(H,55,63)(H,56,65)(H,57,64);1-2H3/t33-,35-,47?;/m0./s1. The minimum atomic E-state index is -1.67. The number of rotatable bonds is 21. The Morgan fingerprint density at radius 2 is 1.53 bits per heavy atom. The smallest absolute Gasteiger partial charge is 0.340 e. The summed E-state index contributed by atoms with van der Waals surface area (Å²) in [5.74, 6) is -5.81. The average Bonchev–Trinajstić information content (AvgIpc) is 3.95. The van der Waals surface area contributed by atoms with Gasteiger partial charge < -0.3 is 51.0 Å². The maximum atomic E-state index is 15.3. The number of hydrogen-bond acceptors (Lipinski definition) is 14. The number of imide groups is 1. The van der Waals surface area contributed by atoms with Crippen LogP contribution in [0, 0.1) is 12.7 Å². The third-order valence-corrected chi connectivity index (χ3v) is 13.0. The van der Waals surface area contributed by atoms with Crippen LogP contribution in [0.4, 0.5) is 4.39 Å². The molecule has 23 heteroatoms. The molecule has 8 amide bonds. The van der Waals surface area contributed by atoms with E-state index >= 15 is 4.39 Å². The molecule has 0 bridgehead atoms. The van der Waals surface area contributed by atoms with Gasteiger partial charge in [-0.3, -0.25) is 48.1 Å². The summed E-state index contributed by atoms with van der Waals surface area (Å²) in [4.78, 5) is 132. The van der Waals surface area contributed by atoms with E-state index < -0.39 is 104 Å². The first-order chi connectivity index (χ1) is 36.1. The number of aryl methyl sites for hydroxylation is 1. The predicted octanol–water partition coefficient (Wildman–Crippen LogP) is 0.744. The lowest BCUT2D eigenvalue weighted by Gasteiger charge is -2.29. The van der Waals surface area contributed by atoms with Crippen molar-refractivity contribution in [1.29, 1.82) is 0 Å². The van der Waals surface area contributed by atoms with Crippen LogP contribution < -0.4 is 37.5 Å². The molecule has 2 aromatic carbocycles. The monoisotopic (exact) mass is 1040 g/mol. The molecule has 3 atom stereocenters. The number of benzene rings is 2. The van der Waals surface area contributed by atoms with E-state index in [2.05, 4.69) is 31.9 Å². The SMILES string of the molecule is CC.Cc1c(F)cc2nc3c(c4c2c1CC[C@@H]4NC(=O)COCNC(=O)CNC(=O)[C@H](Cc1ccccc1)NC(=O)CNC(=O)CNC(=O)CCCCCN1C(=O)C=CC1=O)Cn1c-3cc2c(c1=O)COC(=O)C2O. The van der Waals surface area contributed by atoms with Crippen LogP contribution in [-0.4, -0.2) is 118 Å². The molecule has 2 aromatic heterocycles. The van der Waals surface area contributed by atoms with Crippen molar-refractivity contribution in [3.05, 3.63) is 110 Å². The number of aromatic nitrogens is 2. The van der Waals surface area contributed by atoms with Gasteiger partial charge in [-0.15, -0.1) is 0 Å². The van der Waals surface area contributed by atoms with Crippen LogP contribution in [0.5, 0.6) is 0 Å². The van der Waals surface area contributed by atoms with E-state index in [-0.39, 0.29) is 55.5 Å². The lowest BCUT2D eigenvalue weighted by Crippen LogP contribution is -2.52. The van der Waals surface area contributed by atoms with Gasteiger partial charge in [0.25, 0.3) is 17.4 Å². The summed E-state index contributed by atoms with van der Waals surface area (Å²) in [7, 11) is 0. The van der Waals surface area contributed by atoms with Gasteiger partial charge in [-0.2, -0.15) is 0 Å². The van der Waals surface area contributed by atoms with Crippen molar-refractivity contribution in [1.82, 2.24) is 46.4 Å². The molecule has 4 aromatic rings. The molecule has 22 nitrogen and oxygen atoms in total. The second-order valence-corrected chi connectivity index (χ2v) is 17.9. The Balaban J connectivity index is 0.00000405. The van der Waals surface area contributed by atoms with Crippen LogP contribution in [0.3, 0.4) is 0 Å². The normalized spacial score (nSPS) is 16.1. The number of aliphatic hydroxyl groups is 1. The van der Waals surface area contributed by atoms with Gasteiger partial charge in [0.15, 0.2) is 6.10 Å². The molecule has 3 aliphatic heterocycles. The number of hydrogen-bond donors (Lipinski definition) is 7. The molecule has 1 aliphatic carbocycles. The van der Waals surface area contributed by atoms with Gasteiger partial charge in [0.1, 0.15) is 31.8 Å². The lowest BCUT2D eigenvalue weighted by molar-refractivity contribution is -0.157. The van der Waals surface area contributed by atoms with E-state index in [0.717, 1.165) is 10.5 Å². The molecule has 75 heavy (non-hydrogen) atoms. The number of aliphatic hydroxyl groups excluding tert-OH is 1. The fourth-order valence-electron chi connectivity index (χ4n) is 9.31. The highest BCUT2D eigenvalue weighted by Crippen LogP contribution is 2.45. The Morgan fingerprint density at radius 3 is 2.28 bits per heavy atom. The zero-order valence-corrected chi connectivity index (χ0v) is 41.6. The summed E-state index contributed by atoms with van der Waals surface area (Å²) < 4.78 is 27.2. The molecule has 0 saturated carbocycles. The summed E-state index contributed by atoms with van der Waals surface area (Å²) in [6, 6.07) is 9.78. The molecule has 1 unspecified atom stereocenters. The first kappa shape index (κ1) is 54.6. The molecular weight excluding hydrogens is 978 g/mol. The fraction of sp³-hybridized carbons (Fsp3) is 0.404. The number of nitrogens with one attached hydrogen (secondary N) is 6. The number of carbonyl (C=O) groups is 9. The van der Waals surface area contributed by atoms with E-state index in [9.17, 15) is 53.1 Å². The number of halogens is 1. The number of amides is 8. The van der Waals surface area contributed by atoms with Crippen LogP contribution in [0.25, 0.3) is 22.3 Å². The zero-order chi connectivity index (χ0) is 53.9. The Hall–Kier alpha value is -8.18. The van der Waals surface area contributed by atoms with E-state index in [1.807, 2.05) is 13.8 Å². The molecule has 0 radical (unpaired) electrons. The molecule has 8 rings (SSSR count). The van der Waals surface area contributed by atoms with Crippen molar-refractivity contribution in [3.8, 4) is 11.4 Å². The topological polar surface area (TPSA) is 303 Å². The van der Waals surface area contributed by atoms with Crippen molar-refractivity contribution in [2.75, 3.05) is 39.5 Å². The highest BCUT2D eigenvalue weighted by molar-refractivity contribution is 6.12. The van der Waals surface area contributed by atoms with Crippen molar-refractivity contribution >= 4 is 64.1 Å². The zero-order valence-electron chi connectivity index (χ0n) is 41.6. The minimum absolute atomic E-state index is 0.0374. The number of ether oxygens (including phenoxy) is 2. The molecule has 0 spiro atoms. The number of esters is 1. The Bertz CT molecular complexity index is 3010. The van der Waals surface area contributed by atoms with Crippen molar-refractivity contribution in [2.45, 2.75) is 97.1 Å². The van der Waals surface area contributed by atoms with E-state index in [0.29, 0.717) is 76.6 Å². The van der Waals surface area contributed by atoms with Gasteiger partial charge in [0, 0.05) is 54.1 Å². The highest BCUT2D eigenvalue weighted by atomic mass is 19.1. The van der Waals surface area contributed by atoms with Crippen molar-refractivity contribution in [2.24, 2.45) is 0 Å². The second kappa shape index (κ2) is 24.7. The fourth-order valence-corrected chi connectivity index (χ4v) is 9.31. The highest BCUT2D eigenvalue weighted by Gasteiger charge is 2.38. The van der Waals surface area contributed by atoms with Crippen LogP contribution in [0.15, 0.2) is 59.4 Å². The maximum absolute atomic E-state index is 15.3. The van der Waals surface area contributed by atoms with Gasteiger partial charge in [-0.1, -0.05) is 50.6 Å². The predicted molar refractivity (Wildman–Crippen MR) is 265 cm³/mol. The third kappa shape index (κ3) is 12.8. The van der Waals surface area contributed by atoms with Crippen LogP contribution in [0.2, 0.25) is 0 Å². The van der Waals surface area contributed by atoms with Gasteiger partial charge in [-0.05, 0) is 60.9 Å². The Kier molecular flexibility index (Phi) is 18.0. The van der Waals surface area contributed by atoms with Crippen LogP contribution >= 0.6 is 0 Å². The average molecular weight is 1040 g/mol. The molecule has 7 N–H and O–H groups in total. The quantitative estimate of drug-likeness (QED) is 0.0231. The number of nitrogens with zero attached hydrogens (tertiary/aromatic N) is 3. The summed E-state index contributed by atoms with van der Waals surface area (Å²) in [6.07, 6.45) is 3.21. The first-order valence-corrected chi connectivity index (χ1v) is 24.7. The Labute approximate surface area is 429 Å². The number of pyridine rings is 2. The molecule has 0 fully saturated rings. The van der Waals surface area contributed by atoms with Crippen LogP contribution in [0.1, 0.15) is 97.0 Å². The number of carbonyl (C=O) groups excluding carboxylic acids is 9.